The highest BCUT2D eigenvalue weighted by Crippen LogP contribution is 2.30. The van der Waals surface area contributed by atoms with Gasteiger partial charge in [0.25, 0.3) is 0 Å². The van der Waals surface area contributed by atoms with Gasteiger partial charge in [-0.05, 0) is 60.9 Å². The lowest BCUT2D eigenvalue weighted by atomic mass is 9.91. The van der Waals surface area contributed by atoms with Gasteiger partial charge in [-0.25, -0.2) is 0 Å². The molecule has 0 aliphatic carbocycles. The lowest BCUT2D eigenvalue weighted by Gasteiger charge is -2.24. The molecule has 0 radical (unpaired) electrons. The van der Waals surface area contributed by atoms with Crippen LogP contribution in [-0.2, 0) is 4.74 Å². The fraction of sp³-hybridized carbons (Fsp3) is 0.474. The average Bonchev–Trinajstić information content (AvgIpc) is 2.53. The Kier molecular flexibility index (Phi) is 4.57. The first kappa shape index (κ1) is 14.6. The van der Waals surface area contributed by atoms with E-state index in [2.05, 4.69) is 43.3 Å². The maximum Gasteiger partial charge on any atom is 0.0575 e. The first-order valence-electron chi connectivity index (χ1n) is 8.11. The molecule has 1 heterocycles. The molecular formula is C19H25NO. The minimum absolute atomic E-state index is 0.0987. The van der Waals surface area contributed by atoms with Gasteiger partial charge in [0, 0.05) is 12.6 Å². The Balaban J connectivity index is 1.77. The van der Waals surface area contributed by atoms with Gasteiger partial charge < -0.3 is 10.5 Å². The molecule has 2 aromatic carbocycles. The highest BCUT2D eigenvalue weighted by Gasteiger charge is 2.18. The van der Waals surface area contributed by atoms with Crippen molar-refractivity contribution in [2.24, 2.45) is 5.73 Å². The van der Waals surface area contributed by atoms with E-state index in [9.17, 15) is 0 Å². The van der Waals surface area contributed by atoms with Crippen molar-refractivity contribution in [2.45, 2.75) is 51.2 Å². The van der Waals surface area contributed by atoms with Crippen LogP contribution in [0, 0.1) is 6.92 Å². The molecule has 0 saturated carbocycles. The van der Waals surface area contributed by atoms with Crippen LogP contribution in [-0.4, -0.2) is 12.7 Å². The number of rotatable bonds is 4. The van der Waals surface area contributed by atoms with Gasteiger partial charge in [-0.15, -0.1) is 0 Å². The van der Waals surface area contributed by atoms with Crippen LogP contribution in [0.3, 0.4) is 0 Å². The molecule has 0 amide bonds. The summed E-state index contributed by atoms with van der Waals surface area (Å²) in [6, 6.07) is 13.0. The number of ether oxygens (including phenoxy) is 1. The summed E-state index contributed by atoms with van der Waals surface area (Å²) in [6.45, 7) is 3.09. The molecule has 2 unspecified atom stereocenters. The topological polar surface area (TPSA) is 35.2 Å². The first-order chi connectivity index (χ1) is 10.3. The van der Waals surface area contributed by atoms with Gasteiger partial charge in [-0.3, -0.25) is 0 Å². The Labute approximate surface area is 127 Å². The van der Waals surface area contributed by atoms with E-state index in [-0.39, 0.29) is 6.04 Å². The Hall–Kier alpha value is -1.38. The number of benzene rings is 2. The van der Waals surface area contributed by atoms with Gasteiger partial charge in [0.15, 0.2) is 0 Å². The minimum Gasteiger partial charge on any atom is -0.378 e. The van der Waals surface area contributed by atoms with E-state index in [1.807, 2.05) is 0 Å². The fourth-order valence-corrected chi connectivity index (χ4v) is 3.44. The van der Waals surface area contributed by atoms with Crippen LogP contribution in [0.15, 0.2) is 36.4 Å². The van der Waals surface area contributed by atoms with Crippen molar-refractivity contribution in [1.29, 1.82) is 0 Å². The van der Waals surface area contributed by atoms with Gasteiger partial charge >= 0.3 is 0 Å². The summed E-state index contributed by atoms with van der Waals surface area (Å²) in [5.74, 6) is 0. The second kappa shape index (κ2) is 6.59. The Bertz CT molecular complexity index is 602. The van der Waals surface area contributed by atoms with Crippen molar-refractivity contribution in [3.8, 4) is 0 Å². The van der Waals surface area contributed by atoms with E-state index in [4.69, 9.17) is 10.5 Å². The van der Waals surface area contributed by atoms with E-state index >= 15 is 0 Å². The standard InChI is InChI=1S/C19H25NO/c1-14-9-10-15-6-2-3-8-17(15)19(14)18(20)12-11-16-7-4-5-13-21-16/h2-3,6,8-10,16,18H,4-5,7,11-13,20H2,1H3. The minimum atomic E-state index is 0.0987. The summed E-state index contributed by atoms with van der Waals surface area (Å²) < 4.78 is 5.83. The number of fused-ring (bicyclic) bond motifs is 1. The number of hydrogen-bond acceptors (Lipinski definition) is 2. The van der Waals surface area contributed by atoms with Gasteiger partial charge in [-0.1, -0.05) is 36.4 Å². The Morgan fingerprint density at radius 1 is 1.19 bits per heavy atom. The predicted molar refractivity (Wildman–Crippen MR) is 88.4 cm³/mol. The van der Waals surface area contributed by atoms with E-state index < -0.39 is 0 Å². The molecule has 2 atom stereocenters. The summed E-state index contributed by atoms with van der Waals surface area (Å²) in [4.78, 5) is 0. The summed E-state index contributed by atoms with van der Waals surface area (Å²) in [7, 11) is 0. The Morgan fingerprint density at radius 3 is 2.86 bits per heavy atom. The SMILES string of the molecule is Cc1ccc2ccccc2c1C(N)CCC1CCCCO1. The molecule has 21 heavy (non-hydrogen) atoms. The fourth-order valence-electron chi connectivity index (χ4n) is 3.44. The smallest absolute Gasteiger partial charge is 0.0575 e. The molecule has 112 valence electrons. The lowest BCUT2D eigenvalue weighted by molar-refractivity contribution is 0.00913. The van der Waals surface area contributed by atoms with Crippen LogP contribution in [0.2, 0.25) is 0 Å². The zero-order valence-electron chi connectivity index (χ0n) is 12.8. The van der Waals surface area contributed by atoms with Gasteiger partial charge in [-0.2, -0.15) is 0 Å². The van der Waals surface area contributed by atoms with Gasteiger partial charge in [0.2, 0.25) is 0 Å². The van der Waals surface area contributed by atoms with Crippen molar-refractivity contribution < 1.29 is 4.74 Å². The number of hydrogen-bond donors (Lipinski definition) is 1. The van der Waals surface area contributed by atoms with Crippen LogP contribution in [0.25, 0.3) is 10.8 Å². The molecule has 0 bridgehead atoms. The molecule has 1 aliphatic heterocycles. The summed E-state index contributed by atoms with van der Waals surface area (Å²) in [6.07, 6.45) is 6.20. The van der Waals surface area contributed by atoms with Crippen molar-refractivity contribution in [1.82, 2.24) is 0 Å². The maximum absolute atomic E-state index is 6.52. The van der Waals surface area contributed by atoms with Crippen molar-refractivity contribution in [2.75, 3.05) is 6.61 Å². The lowest BCUT2D eigenvalue weighted by Crippen LogP contribution is -2.21. The second-order valence-electron chi connectivity index (χ2n) is 6.19. The summed E-state index contributed by atoms with van der Waals surface area (Å²) in [5, 5.41) is 2.58. The zero-order valence-corrected chi connectivity index (χ0v) is 12.8. The molecule has 2 nitrogen and oxygen atoms in total. The third-order valence-electron chi connectivity index (χ3n) is 4.63. The van der Waals surface area contributed by atoms with Crippen LogP contribution in [0.1, 0.15) is 49.3 Å². The van der Waals surface area contributed by atoms with Gasteiger partial charge in [0.1, 0.15) is 0 Å². The number of aryl methyl sites for hydroxylation is 1. The van der Waals surface area contributed by atoms with E-state index in [1.165, 1.54) is 41.2 Å². The van der Waals surface area contributed by atoms with Crippen LogP contribution >= 0.6 is 0 Å². The van der Waals surface area contributed by atoms with Crippen molar-refractivity contribution >= 4 is 10.8 Å². The molecule has 1 aliphatic rings. The molecule has 1 fully saturated rings. The first-order valence-corrected chi connectivity index (χ1v) is 8.11. The molecule has 2 N–H and O–H groups in total. The van der Waals surface area contributed by atoms with E-state index in [0.717, 1.165) is 19.4 Å². The summed E-state index contributed by atoms with van der Waals surface area (Å²) >= 11 is 0. The quantitative estimate of drug-likeness (QED) is 0.896. The third-order valence-corrected chi connectivity index (χ3v) is 4.63. The van der Waals surface area contributed by atoms with E-state index in [0.29, 0.717) is 6.10 Å². The predicted octanol–water partition coefficient (Wildman–Crippen LogP) is 4.50. The van der Waals surface area contributed by atoms with Crippen molar-refractivity contribution in [3.05, 3.63) is 47.5 Å². The van der Waals surface area contributed by atoms with Crippen molar-refractivity contribution in [3.63, 3.8) is 0 Å². The largest absolute Gasteiger partial charge is 0.378 e. The highest BCUT2D eigenvalue weighted by atomic mass is 16.5. The number of nitrogens with two attached hydrogens (primary N) is 1. The monoisotopic (exact) mass is 283 g/mol. The molecule has 3 rings (SSSR count). The normalized spacial score (nSPS) is 20.6. The molecule has 1 saturated heterocycles. The summed E-state index contributed by atoms with van der Waals surface area (Å²) in [5.41, 5.74) is 9.13. The molecule has 2 heteroatoms. The maximum atomic E-state index is 6.52. The highest BCUT2D eigenvalue weighted by molar-refractivity contribution is 5.87. The third kappa shape index (κ3) is 3.28. The molecular weight excluding hydrogens is 258 g/mol. The molecule has 2 aromatic rings. The molecule has 0 aromatic heterocycles. The van der Waals surface area contributed by atoms with Crippen LogP contribution < -0.4 is 5.73 Å². The second-order valence-corrected chi connectivity index (χ2v) is 6.19. The average molecular weight is 283 g/mol. The Morgan fingerprint density at radius 2 is 2.05 bits per heavy atom. The van der Waals surface area contributed by atoms with Gasteiger partial charge in [0.05, 0.1) is 6.10 Å². The van der Waals surface area contributed by atoms with Crippen LogP contribution in [0.5, 0.6) is 0 Å². The zero-order chi connectivity index (χ0) is 14.7. The van der Waals surface area contributed by atoms with E-state index in [1.54, 1.807) is 0 Å². The van der Waals surface area contributed by atoms with Crippen LogP contribution in [0.4, 0.5) is 0 Å². The molecule has 0 spiro atoms.